The van der Waals surface area contributed by atoms with Gasteiger partial charge in [-0.15, -0.1) is 12.6 Å². The van der Waals surface area contributed by atoms with Crippen molar-refractivity contribution in [2.45, 2.75) is 9.79 Å². The molecule has 1 rings (SSSR count). The molecule has 0 heterocycles. The predicted molar refractivity (Wildman–Crippen MR) is 51.4 cm³/mol. The van der Waals surface area contributed by atoms with Crippen molar-refractivity contribution >= 4 is 32.4 Å². The maximum absolute atomic E-state index is 13.0. The number of hydrogen-bond donors (Lipinski definition) is 1. The van der Waals surface area contributed by atoms with Gasteiger partial charge in [-0.3, -0.25) is 0 Å². The molecule has 0 atom stereocenters. The van der Waals surface area contributed by atoms with E-state index in [0.717, 1.165) is 12.1 Å². The van der Waals surface area contributed by atoms with E-state index in [-0.39, 0.29) is 9.79 Å². The molecule has 0 N–H and O–H groups in total. The van der Waals surface area contributed by atoms with Crippen LogP contribution in [0.3, 0.4) is 0 Å². The summed E-state index contributed by atoms with van der Waals surface area (Å²) < 4.78 is 34.8. The average Bonchev–Trinajstić information content (AvgIpc) is 2.07. The van der Waals surface area contributed by atoms with Crippen LogP contribution in [-0.2, 0) is 9.05 Å². The Morgan fingerprint density at radius 3 is 2.50 bits per heavy atom. The van der Waals surface area contributed by atoms with Crippen LogP contribution in [-0.4, -0.2) is 8.42 Å². The van der Waals surface area contributed by atoms with Gasteiger partial charge in [0.15, 0.2) is 5.82 Å². The van der Waals surface area contributed by atoms with E-state index >= 15 is 0 Å². The Bertz CT molecular complexity index is 521. The van der Waals surface area contributed by atoms with E-state index in [0.29, 0.717) is 0 Å². The summed E-state index contributed by atoms with van der Waals surface area (Å²) in [7, 11) is 1.05. The van der Waals surface area contributed by atoms with Crippen molar-refractivity contribution in [3.05, 3.63) is 23.5 Å². The summed E-state index contributed by atoms with van der Waals surface area (Å²) in [6.07, 6.45) is 0. The molecule has 0 fully saturated rings. The summed E-state index contributed by atoms with van der Waals surface area (Å²) >= 11 is 3.67. The highest BCUT2D eigenvalue weighted by Crippen LogP contribution is 2.23. The first-order valence-electron chi connectivity index (χ1n) is 3.23. The van der Waals surface area contributed by atoms with Gasteiger partial charge in [-0.1, -0.05) is 0 Å². The predicted octanol–water partition coefficient (Wildman–Crippen LogP) is 1.91. The largest absolute Gasteiger partial charge is 0.261 e. The number of halogens is 2. The topological polar surface area (TPSA) is 57.9 Å². The zero-order chi connectivity index (χ0) is 10.9. The van der Waals surface area contributed by atoms with Crippen LogP contribution >= 0.6 is 23.3 Å². The van der Waals surface area contributed by atoms with Crippen molar-refractivity contribution in [1.82, 2.24) is 0 Å². The quantitative estimate of drug-likeness (QED) is 0.613. The highest BCUT2D eigenvalue weighted by molar-refractivity contribution is 8.13. The van der Waals surface area contributed by atoms with Crippen LogP contribution in [0, 0.1) is 17.1 Å². The van der Waals surface area contributed by atoms with E-state index < -0.39 is 20.4 Å². The summed E-state index contributed by atoms with van der Waals surface area (Å²) in [5, 5.41) is 8.47. The molecule has 0 amide bonds. The number of thiol groups is 1. The molecule has 0 aliphatic carbocycles. The molecule has 1 aromatic rings. The van der Waals surface area contributed by atoms with Crippen molar-refractivity contribution in [1.29, 1.82) is 5.26 Å². The van der Waals surface area contributed by atoms with Crippen LogP contribution in [0.5, 0.6) is 0 Å². The third-order valence-electron chi connectivity index (χ3n) is 1.43. The molecular weight excluding hydrogens is 249 g/mol. The van der Waals surface area contributed by atoms with Gasteiger partial charge in [0.05, 0.1) is 10.5 Å². The van der Waals surface area contributed by atoms with Gasteiger partial charge in [0.2, 0.25) is 0 Å². The van der Waals surface area contributed by atoms with Gasteiger partial charge in [-0.2, -0.15) is 5.26 Å². The van der Waals surface area contributed by atoms with E-state index in [2.05, 4.69) is 12.6 Å². The van der Waals surface area contributed by atoms with Gasteiger partial charge in [-0.25, -0.2) is 12.8 Å². The molecule has 0 spiro atoms. The molecule has 0 saturated carbocycles. The molecule has 14 heavy (non-hydrogen) atoms. The van der Waals surface area contributed by atoms with Crippen molar-refractivity contribution < 1.29 is 12.8 Å². The summed E-state index contributed by atoms with van der Waals surface area (Å²) in [6, 6.07) is 3.31. The Morgan fingerprint density at radius 1 is 1.50 bits per heavy atom. The fourth-order valence-corrected chi connectivity index (χ4v) is 1.94. The maximum Gasteiger partial charge on any atom is 0.261 e. The number of rotatable bonds is 1. The van der Waals surface area contributed by atoms with E-state index in [9.17, 15) is 12.8 Å². The van der Waals surface area contributed by atoms with Crippen LogP contribution in [0.4, 0.5) is 4.39 Å². The molecule has 0 aromatic heterocycles. The van der Waals surface area contributed by atoms with Crippen molar-refractivity contribution in [2.24, 2.45) is 0 Å². The molecule has 0 bridgehead atoms. The van der Waals surface area contributed by atoms with Crippen LogP contribution in [0.2, 0.25) is 0 Å². The van der Waals surface area contributed by atoms with Gasteiger partial charge in [-0.05, 0) is 12.1 Å². The van der Waals surface area contributed by atoms with Crippen LogP contribution in [0.25, 0.3) is 0 Å². The van der Waals surface area contributed by atoms with Crippen molar-refractivity contribution in [2.75, 3.05) is 0 Å². The maximum atomic E-state index is 13.0. The van der Waals surface area contributed by atoms with Crippen molar-refractivity contribution in [3.8, 4) is 6.07 Å². The summed E-state index contributed by atoms with van der Waals surface area (Å²) in [4.78, 5) is -0.578. The fourth-order valence-electron chi connectivity index (χ4n) is 0.805. The number of hydrogen-bond acceptors (Lipinski definition) is 4. The third kappa shape index (κ3) is 2.18. The van der Waals surface area contributed by atoms with Gasteiger partial charge in [0.25, 0.3) is 9.05 Å². The van der Waals surface area contributed by atoms with Crippen LogP contribution in [0.15, 0.2) is 21.9 Å². The van der Waals surface area contributed by atoms with E-state index in [4.69, 9.17) is 15.9 Å². The first kappa shape index (κ1) is 11.3. The molecular formula is C7H3ClFNO2S2. The minimum Gasteiger partial charge on any atom is -0.207 e. The monoisotopic (exact) mass is 251 g/mol. The summed E-state index contributed by atoms with van der Waals surface area (Å²) in [5.41, 5.74) is -0.406. The lowest BCUT2D eigenvalue weighted by atomic mass is 10.2. The second-order valence-electron chi connectivity index (χ2n) is 2.35. The summed E-state index contributed by atoms with van der Waals surface area (Å²) in [6.45, 7) is 0. The smallest absolute Gasteiger partial charge is 0.207 e. The highest BCUT2D eigenvalue weighted by atomic mass is 35.7. The van der Waals surface area contributed by atoms with Gasteiger partial charge in [0.1, 0.15) is 6.07 Å². The van der Waals surface area contributed by atoms with Gasteiger partial charge in [0, 0.05) is 15.6 Å². The second kappa shape index (κ2) is 3.77. The zero-order valence-corrected chi connectivity index (χ0v) is 9.00. The molecule has 0 radical (unpaired) electrons. The van der Waals surface area contributed by atoms with E-state index in [1.54, 1.807) is 0 Å². The SMILES string of the molecule is N#Cc1cc(S(=O)(=O)Cl)cc(S)c1F. The standard InChI is InChI=1S/C7H3ClFNO2S2/c8-14(11,12)5-1-4(3-10)7(9)6(13)2-5/h1-2,13H. The Hall–Kier alpha value is -0.770. The Kier molecular flexibility index (Phi) is 3.04. The molecule has 0 saturated heterocycles. The molecule has 3 nitrogen and oxygen atoms in total. The third-order valence-corrected chi connectivity index (χ3v) is 3.09. The normalized spacial score (nSPS) is 11.0. The number of nitriles is 1. The van der Waals surface area contributed by atoms with Crippen LogP contribution in [0.1, 0.15) is 5.56 Å². The minimum absolute atomic E-state index is 0.233. The number of benzene rings is 1. The lowest BCUT2D eigenvalue weighted by molar-refractivity contribution is 0.592. The molecule has 0 unspecified atom stereocenters. The second-order valence-corrected chi connectivity index (χ2v) is 5.40. The average molecular weight is 252 g/mol. The zero-order valence-electron chi connectivity index (χ0n) is 6.53. The number of nitrogens with zero attached hydrogens (tertiary/aromatic N) is 1. The van der Waals surface area contributed by atoms with Gasteiger partial charge >= 0.3 is 0 Å². The lowest BCUT2D eigenvalue weighted by Gasteiger charge is -2.01. The van der Waals surface area contributed by atoms with E-state index in [1.807, 2.05) is 0 Å². The minimum atomic E-state index is -3.97. The molecule has 74 valence electrons. The fraction of sp³-hybridized carbons (Fsp3) is 0. The highest BCUT2D eigenvalue weighted by Gasteiger charge is 2.15. The Balaban J connectivity index is 3.56. The first-order chi connectivity index (χ1) is 6.36. The molecule has 7 heteroatoms. The van der Waals surface area contributed by atoms with Gasteiger partial charge < -0.3 is 0 Å². The lowest BCUT2D eigenvalue weighted by Crippen LogP contribution is -1.95. The first-order valence-corrected chi connectivity index (χ1v) is 5.99. The Labute approximate surface area is 89.9 Å². The van der Waals surface area contributed by atoms with Crippen molar-refractivity contribution in [3.63, 3.8) is 0 Å². The summed E-state index contributed by atoms with van der Waals surface area (Å²) in [5.74, 6) is -0.861. The molecule has 0 aliphatic rings. The Morgan fingerprint density at radius 2 is 2.07 bits per heavy atom. The van der Waals surface area contributed by atoms with Crippen LogP contribution < -0.4 is 0 Å². The molecule has 1 aromatic carbocycles. The van der Waals surface area contributed by atoms with E-state index in [1.165, 1.54) is 6.07 Å². The molecule has 0 aliphatic heterocycles.